The van der Waals surface area contributed by atoms with E-state index in [1.807, 2.05) is 18.2 Å². The lowest BCUT2D eigenvalue weighted by atomic mass is 9.87. The molecule has 0 fully saturated rings. The number of pyridine rings is 1. The van der Waals surface area contributed by atoms with Crippen molar-refractivity contribution >= 4 is 40.3 Å². The number of alkyl halides is 3. The number of halogens is 6. The number of benzene rings is 2. The van der Waals surface area contributed by atoms with E-state index >= 15 is 0 Å². The van der Waals surface area contributed by atoms with Crippen LogP contribution in [0.15, 0.2) is 60.9 Å². The summed E-state index contributed by atoms with van der Waals surface area (Å²) in [4.78, 5) is 37.9. The van der Waals surface area contributed by atoms with Crippen LogP contribution in [-0.4, -0.2) is 41.2 Å². The minimum atomic E-state index is -5.41. The lowest BCUT2D eigenvalue weighted by molar-refractivity contribution is -0.285. The van der Waals surface area contributed by atoms with Crippen molar-refractivity contribution in [3.63, 3.8) is 0 Å². The van der Waals surface area contributed by atoms with E-state index in [9.17, 15) is 31.5 Å². The molecule has 4 aromatic rings. The highest BCUT2D eigenvalue weighted by Gasteiger charge is 2.43. The van der Waals surface area contributed by atoms with Gasteiger partial charge in [0.2, 0.25) is 0 Å². The van der Waals surface area contributed by atoms with Crippen molar-refractivity contribution in [3.05, 3.63) is 88.7 Å². The number of hydrogen-bond acceptors (Lipinski definition) is 7. The summed E-state index contributed by atoms with van der Waals surface area (Å²) in [5.41, 5.74) is 0.308. The number of ether oxygens (including phenoxy) is 1. The third kappa shape index (κ3) is 7.42. The zero-order valence-corrected chi connectivity index (χ0v) is 21.7. The van der Waals surface area contributed by atoms with E-state index in [1.54, 1.807) is 24.4 Å². The molecule has 0 spiro atoms. The van der Waals surface area contributed by atoms with E-state index in [0.717, 1.165) is 18.0 Å². The van der Waals surface area contributed by atoms with Gasteiger partial charge in [-0.25, -0.2) is 33.1 Å². The summed E-state index contributed by atoms with van der Waals surface area (Å²) in [6.45, 7) is 0.982. The third-order valence-electron chi connectivity index (χ3n) is 5.86. The molecule has 2 N–H and O–H groups in total. The van der Waals surface area contributed by atoms with Crippen LogP contribution in [-0.2, 0) is 19.4 Å². The quantitative estimate of drug-likeness (QED) is 0.0711. The van der Waals surface area contributed by atoms with Crippen molar-refractivity contribution < 1.29 is 46.1 Å². The molecular formula is C27H21ClF5N3O5. The van der Waals surface area contributed by atoms with Gasteiger partial charge in [-0.15, -0.1) is 0 Å². The Hall–Kier alpha value is -4.39. The van der Waals surface area contributed by atoms with Gasteiger partial charge in [0.1, 0.15) is 23.2 Å². The molecule has 0 aliphatic heterocycles. The summed E-state index contributed by atoms with van der Waals surface area (Å²) in [5.74, 6) is -6.29. The van der Waals surface area contributed by atoms with Crippen molar-refractivity contribution in [2.24, 2.45) is 0 Å². The molecule has 2 aromatic heterocycles. The predicted octanol–water partition coefficient (Wildman–Crippen LogP) is 6.46. The van der Waals surface area contributed by atoms with Crippen molar-refractivity contribution in [2.45, 2.75) is 24.9 Å². The standard InChI is InChI=1S/C27H21ClF5N3O5/c28-25-20(30)8-7-19(29)24(25)17(13-23(37)40-41-26(38)27(31,32)33)18-14-36-21-12-15(5-6-16(18)21)39-11-3-10-35-22-4-1-2-9-34-22/h1-2,4-9,12,14,17,36H,3,10-11,13H2,(H,34,35). The van der Waals surface area contributed by atoms with Gasteiger partial charge in [0.05, 0.1) is 18.1 Å². The molecule has 2 heterocycles. The fourth-order valence-corrected chi connectivity index (χ4v) is 4.30. The predicted molar refractivity (Wildman–Crippen MR) is 137 cm³/mol. The Morgan fingerprint density at radius 2 is 1.83 bits per heavy atom. The van der Waals surface area contributed by atoms with Crippen LogP contribution >= 0.6 is 11.6 Å². The van der Waals surface area contributed by atoms with Gasteiger partial charge in [-0.2, -0.15) is 13.2 Å². The summed E-state index contributed by atoms with van der Waals surface area (Å²) in [6, 6.07) is 12.0. The fourth-order valence-electron chi connectivity index (χ4n) is 4.01. The number of aromatic amines is 1. The largest absolute Gasteiger partial charge is 0.495 e. The van der Waals surface area contributed by atoms with Crippen LogP contribution in [0, 0.1) is 11.6 Å². The highest BCUT2D eigenvalue weighted by Crippen LogP contribution is 2.40. The van der Waals surface area contributed by atoms with Gasteiger partial charge >= 0.3 is 18.1 Å². The first kappa shape index (κ1) is 29.6. The highest BCUT2D eigenvalue weighted by atomic mass is 35.5. The minimum Gasteiger partial charge on any atom is -0.493 e. The van der Waals surface area contributed by atoms with Gasteiger partial charge < -0.3 is 15.0 Å². The third-order valence-corrected chi connectivity index (χ3v) is 6.25. The highest BCUT2D eigenvalue weighted by molar-refractivity contribution is 6.31. The molecule has 0 aliphatic carbocycles. The Morgan fingerprint density at radius 1 is 1.05 bits per heavy atom. The number of nitrogens with one attached hydrogen (secondary N) is 2. The second-order valence-corrected chi connectivity index (χ2v) is 9.01. The number of anilines is 1. The van der Waals surface area contributed by atoms with Crippen LogP contribution in [0.3, 0.4) is 0 Å². The Bertz CT molecular complexity index is 1530. The number of aromatic nitrogens is 2. The molecule has 0 saturated heterocycles. The molecular weight excluding hydrogens is 577 g/mol. The average Bonchev–Trinajstić information content (AvgIpc) is 3.36. The van der Waals surface area contributed by atoms with Gasteiger partial charge in [0, 0.05) is 47.4 Å². The molecule has 2 aromatic carbocycles. The topological polar surface area (TPSA) is 103 Å². The molecule has 4 rings (SSSR count). The van der Waals surface area contributed by atoms with Gasteiger partial charge in [-0.1, -0.05) is 17.7 Å². The number of hydrogen-bond donors (Lipinski definition) is 2. The molecule has 14 heteroatoms. The fraction of sp³-hybridized carbons (Fsp3) is 0.222. The zero-order chi connectivity index (χ0) is 29.6. The van der Waals surface area contributed by atoms with Crippen LogP contribution in [0.1, 0.15) is 29.9 Å². The Morgan fingerprint density at radius 3 is 2.56 bits per heavy atom. The van der Waals surface area contributed by atoms with Crippen molar-refractivity contribution in [2.75, 3.05) is 18.5 Å². The van der Waals surface area contributed by atoms with Gasteiger partial charge in [0.15, 0.2) is 0 Å². The number of fused-ring (bicyclic) bond motifs is 1. The monoisotopic (exact) mass is 597 g/mol. The van der Waals surface area contributed by atoms with Crippen LogP contribution < -0.4 is 10.1 Å². The number of rotatable bonds is 10. The maximum absolute atomic E-state index is 14.9. The molecule has 0 bridgehead atoms. The molecule has 0 amide bonds. The summed E-state index contributed by atoms with van der Waals surface area (Å²) in [5, 5.41) is 2.98. The summed E-state index contributed by atoms with van der Waals surface area (Å²) in [6.07, 6.45) is -2.52. The maximum Gasteiger partial charge on any atom is 0.495 e. The van der Waals surface area contributed by atoms with E-state index in [-0.39, 0.29) is 5.56 Å². The first-order valence-electron chi connectivity index (χ1n) is 12.0. The van der Waals surface area contributed by atoms with E-state index in [2.05, 4.69) is 25.1 Å². The molecule has 1 unspecified atom stereocenters. The molecule has 0 radical (unpaired) electrons. The Kier molecular flexibility index (Phi) is 9.28. The molecule has 216 valence electrons. The Labute approximate surface area is 234 Å². The van der Waals surface area contributed by atoms with E-state index in [0.29, 0.717) is 36.2 Å². The molecule has 0 saturated carbocycles. The molecule has 41 heavy (non-hydrogen) atoms. The van der Waals surface area contributed by atoms with E-state index in [1.165, 1.54) is 6.20 Å². The smallest absolute Gasteiger partial charge is 0.493 e. The second-order valence-electron chi connectivity index (χ2n) is 8.63. The number of H-pyrrole nitrogens is 1. The second kappa shape index (κ2) is 12.9. The van der Waals surface area contributed by atoms with Gasteiger partial charge in [-0.05, 0) is 48.4 Å². The van der Waals surface area contributed by atoms with Crippen molar-refractivity contribution in [1.82, 2.24) is 9.97 Å². The van der Waals surface area contributed by atoms with Crippen LogP contribution in [0.5, 0.6) is 5.75 Å². The number of carbonyl (C=O) groups excluding carboxylic acids is 2. The average molecular weight is 598 g/mol. The normalized spacial score (nSPS) is 12.1. The first-order valence-corrected chi connectivity index (χ1v) is 12.4. The van der Waals surface area contributed by atoms with Crippen LogP contribution in [0.4, 0.5) is 27.8 Å². The number of nitrogens with zero attached hydrogens (tertiary/aromatic N) is 1. The Balaban J connectivity index is 1.51. The van der Waals surface area contributed by atoms with Crippen molar-refractivity contribution in [3.8, 4) is 5.75 Å². The molecule has 1 atom stereocenters. The van der Waals surface area contributed by atoms with Crippen LogP contribution in [0.2, 0.25) is 5.02 Å². The lowest BCUT2D eigenvalue weighted by Gasteiger charge is -2.19. The maximum atomic E-state index is 14.9. The summed E-state index contributed by atoms with van der Waals surface area (Å²) < 4.78 is 72.2. The van der Waals surface area contributed by atoms with E-state index in [4.69, 9.17) is 16.3 Å². The number of carbonyl (C=O) groups is 2. The lowest BCUT2D eigenvalue weighted by Crippen LogP contribution is -2.27. The SMILES string of the molecule is O=C(CC(c1c(F)ccc(F)c1Cl)c1c[nH]c2cc(OCCCNc3ccccn3)ccc12)OOC(=O)C(F)(F)F. The van der Waals surface area contributed by atoms with Crippen LogP contribution in [0.25, 0.3) is 10.9 Å². The minimum absolute atomic E-state index is 0.247. The van der Waals surface area contributed by atoms with Gasteiger partial charge in [0.25, 0.3) is 0 Å². The summed E-state index contributed by atoms with van der Waals surface area (Å²) in [7, 11) is 0. The first-order chi connectivity index (χ1) is 19.5. The molecule has 0 aliphatic rings. The van der Waals surface area contributed by atoms with E-state index < -0.39 is 52.7 Å². The van der Waals surface area contributed by atoms with Crippen molar-refractivity contribution in [1.29, 1.82) is 0 Å². The molecule has 8 nitrogen and oxygen atoms in total. The zero-order valence-electron chi connectivity index (χ0n) is 20.9. The summed E-state index contributed by atoms with van der Waals surface area (Å²) >= 11 is 6.04. The van der Waals surface area contributed by atoms with Gasteiger partial charge in [-0.3, -0.25) is 0 Å².